The summed E-state index contributed by atoms with van der Waals surface area (Å²) in [6, 6.07) is 10.1. The van der Waals surface area contributed by atoms with E-state index < -0.39 is 6.10 Å². The third-order valence-corrected chi connectivity index (χ3v) is 7.01. The molecular formula is C24H31N3O3S. The van der Waals surface area contributed by atoms with Crippen LogP contribution in [-0.4, -0.2) is 45.3 Å². The summed E-state index contributed by atoms with van der Waals surface area (Å²) in [6.45, 7) is 5.85. The number of aliphatic hydroxyl groups excluding tert-OH is 1. The quantitative estimate of drug-likeness (QED) is 0.530. The van der Waals surface area contributed by atoms with Crippen molar-refractivity contribution >= 4 is 21.6 Å². The van der Waals surface area contributed by atoms with Crippen molar-refractivity contribution in [2.24, 2.45) is 0 Å². The molecule has 1 aliphatic carbocycles. The highest BCUT2D eigenvalue weighted by atomic mass is 32.1. The number of aromatic nitrogens is 2. The summed E-state index contributed by atoms with van der Waals surface area (Å²) in [6.07, 6.45) is 3.75. The van der Waals surface area contributed by atoms with Gasteiger partial charge in [0.1, 0.15) is 10.7 Å². The van der Waals surface area contributed by atoms with Crippen LogP contribution >= 0.6 is 11.3 Å². The standard InChI is InChI=1S/C24H31N3O3S/c1-16(2)27(12-18(28)15-30-14-17-8-4-3-5-9-17)13-21-25-23(29)22-19-10-6-7-11-20(19)31-24(22)26-21/h3-5,8-9,16,18,28H,6-7,10-15H2,1-2H3,(H,25,26,29)/t18-/m0/s1. The molecule has 6 nitrogen and oxygen atoms in total. The number of nitrogens with zero attached hydrogens (tertiary/aromatic N) is 2. The van der Waals surface area contributed by atoms with Crippen LogP contribution in [-0.2, 0) is 30.7 Å². The van der Waals surface area contributed by atoms with Crippen LogP contribution < -0.4 is 5.56 Å². The molecular weight excluding hydrogens is 410 g/mol. The van der Waals surface area contributed by atoms with Crippen molar-refractivity contribution in [2.75, 3.05) is 13.2 Å². The normalized spacial score (nSPS) is 15.0. The zero-order valence-electron chi connectivity index (χ0n) is 18.3. The smallest absolute Gasteiger partial charge is 0.259 e. The predicted molar refractivity (Wildman–Crippen MR) is 125 cm³/mol. The van der Waals surface area contributed by atoms with Crippen molar-refractivity contribution in [3.8, 4) is 0 Å². The Balaban J connectivity index is 1.40. The lowest BCUT2D eigenvalue weighted by Gasteiger charge is -2.28. The fraction of sp³-hybridized carbons (Fsp3) is 0.500. The number of thiophene rings is 1. The first-order valence-corrected chi connectivity index (χ1v) is 11.9. The molecule has 0 amide bonds. The summed E-state index contributed by atoms with van der Waals surface area (Å²) in [5.74, 6) is 0.655. The molecule has 0 unspecified atom stereocenters. The Morgan fingerprint density at radius 3 is 2.77 bits per heavy atom. The van der Waals surface area contributed by atoms with Gasteiger partial charge < -0.3 is 14.8 Å². The number of H-pyrrole nitrogens is 1. The SMILES string of the molecule is CC(C)N(Cc1nc2sc3c(c2c(=O)[nH]1)CCCC3)C[C@H](O)COCc1ccccc1. The number of rotatable bonds is 9. The lowest BCUT2D eigenvalue weighted by molar-refractivity contribution is 0.00267. The van der Waals surface area contributed by atoms with Gasteiger partial charge in [0.25, 0.3) is 5.56 Å². The Hall–Kier alpha value is -2.06. The molecule has 4 rings (SSSR count). The molecule has 0 fully saturated rings. The number of hydrogen-bond donors (Lipinski definition) is 2. The number of aliphatic hydroxyl groups is 1. The molecule has 0 spiro atoms. The van der Waals surface area contributed by atoms with Gasteiger partial charge in [-0.05, 0) is 50.7 Å². The van der Waals surface area contributed by atoms with Gasteiger partial charge in [0.15, 0.2) is 0 Å². The third-order valence-electron chi connectivity index (χ3n) is 5.82. The molecule has 7 heteroatoms. The van der Waals surface area contributed by atoms with Crippen molar-refractivity contribution in [2.45, 2.75) is 64.8 Å². The van der Waals surface area contributed by atoms with E-state index in [0.717, 1.165) is 35.0 Å². The van der Waals surface area contributed by atoms with Crippen LogP contribution in [0.4, 0.5) is 0 Å². The fourth-order valence-electron chi connectivity index (χ4n) is 4.14. The summed E-state index contributed by atoms with van der Waals surface area (Å²) < 4.78 is 5.69. The van der Waals surface area contributed by atoms with Crippen LogP contribution in [0.5, 0.6) is 0 Å². The second-order valence-corrected chi connectivity index (χ2v) is 9.67. The van der Waals surface area contributed by atoms with E-state index in [1.54, 1.807) is 11.3 Å². The number of ether oxygens (including phenoxy) is 1. The molecule has 1 atom stereocenters. The maximum absolute atomic E-state index is 12.8. The van der Waals surface area contributed by atoms with E-state index in [2.05, 4.69) is 23.7 Å². The van der Waals surface area contributed by atoms with Gasteiger partial charge in [0.2, 0.25) is 0 Å². The highest BCUT2D eigenvalue weighted by Gasteiger charge is 2.21. The van der Waals surface area contributed by atoms with Crippen molar-refractivity contribution in [1.29, 1.82) is 0 Å². The van der Waals surface area contributed by atoms with Gasteiger partial charge >= 0.3 is 0 Å². The van der Waals surface area contributed by atoms with Crippen LogP contribution in [0.3, 0.4) is 0 Å². The number of hydrogen-bond acceptors (Lipinski definition) is 6. The van der Waals surface area contributed by atoms with Gasteiger partial charge in [-0.1, -0.05) is 30.3 Å². The Morgan fingerprint density at radius 1 is 1.23 bits per heavy atom. The predicted octanol–water partition coefficient (Wildman–Crippen LogP) is 3.65. The Labute approximate surface area is 186 Å². The van der Waals surface area contributed by atoms with Gasteiger partial charge in [-0.2, -0.15) is 0 Å². The zero-order chi connectivity index (χ0) is 21.8. The van der Waals surface area contributed by atoms with Gasteiger partial charge in [0, 0.05) is 17.5 Å². The minimum absolute atomic E-state index is 0.0325. The van der Waals surface area contributed by atoms with Crippen LogP contribution in [0.25, 0.3) is 10.2 Å². The van der Waals surface area contributed by atoms with E-state index in [1.165, 1.54) is 16.9 Å². The molecule has 2 N–H and O–H groups in total. The van der Waals surface area contributed by atoms with E-state index in [-0.39, 0.29) is 18.2 Å². The largest absolute Gasteiger partial charge is 0.389 e. The van der Waals surface area contributed by atoms with E-state index in [9.17, 15) is 9.90 Å². The van der Waals surface area contributed by atoms with Gasteiger partial charge in [-0.25, -0.2) is 4.98 Å². The molecule has 0 radical (unpaired) electrons. The highest BCUT2D eigenvalue weighted by molar-refractivity contribution is 7.18. The van der Waals surface area contributed by atoms with E-state index in [0.29, 0.717) is 25.5 Å². The first kappa shape index (κ1) is 22.1. The minimum atomic E-state index is -0.615. The summed E-state index contributed by atoms with van der Waals surface area (Å²) in [5.41, 5.74) is 2.26. The maximum atomic E-state index is 12.8. The molecule has 3 aromatic rings. The van der Waals surface area contributed by atoms with Gasteiger partial charge in [0.05, 0.1) is 31.2 Å². The van der Waals surface area contributed by atoms with Crippen molar-refractivity contribution in [1.82, 2.24) is 14.9 Å². The molecule has 2 aromatic heterocycles. The first-order chi connectivity index (χ1) is 15.0. The second-order valence-electron chi connectivity index (χ2n) is 8.58. The Kier molecular flexibility index (Phi) is 7.17. The van der Waals surface area contributed by atoms with E-state index in [4.69, 9.17) is 9.72 Å². The number of aromatic amines is 1. The first-order valence-electron chi connectivity index (χ1n) is 11.1. The monoisotopic (exact) mass is 441 g/mol. The lowest BCUT2D eigenvalue weighted by Crippen LogP contribution is -2.39. The number of aryl methyl sites for hydroxylation is 2. The number of nitrogens with one attached hydrogen (secondary N) is 1. The van der Waals surface area contributed by atoms with Crippen molar-refractivity contribution in [3.05, 3.63) is 62.5 Å². The van der Waals surface area contributed by atoms with Crippen LogP contribution in [0.15, 0.2) is 35.1 Å². The molecule has 166 valence electrons. The van der Waals surface area contributed by atoms with Gasteiger partial charge in [-0.15, -0.1) is 11.3 Å². The van der Waals surface area contributed by atoms with Crippen LogP contribution in [0.1, 0.15) is 48.5 Å². The molecule has 1 aromatic carbocycles. The molecule has 0 aliphatic heterocycles. The molecule has 2 heterocycles. The van der Waals surface area contributed by atoms with Crippen molar-refractivity contribution in [3.63, 3.8) is 0 Å². The summed E-state index contributed by atoms with van der Waals surface area (Å²) in [7, 11) is 0. The van der Waals surface area contributed by atoms with Crippen LogP contribution in [0.2, 0.25) is 0 Å². The van der Waals surface area contributed by atoms with Crippen molar-refractivity contribution < 1.29 is 9.84 Å². The highest BCUT2D eigenvalue weighted by Crippen LogP contribution is 2.33. The number of benzene rings is 1. The molecule has 1 aliphatic rings. The lowest BCUT2D eigenvalue weighted by atomic mass is 9.97. The average molecular weight is 442 g/mol. The molecule has 0 saturated carbocycles. The maximum Gasteiger partial charge on any atom is 0.259 e. The van der Waals surface area contributed by atoms with Crippen LogP contribution in [0, 0.1) is 0 Å². The van der Waals surface area contributed by atoms with E-state index in [1.807, 2.05) is 30.3 Å². The summed E-state index contributed by atoms with van der Waals surface area (Å²) >= 11 is 1.67. The average Bonchev–Trinajstić information content (AvgIpc) is 3.13. The molecule has 0 saturated heterocycles. The summed E-state index contributed by atoms with van der Waals surface area (Å²) in [5, 5.41) is 11.3. The van der Waals surface area contributed by atoms with Gasteiger partial charge in [-0.3, -0.25) is 9.69 Å². The Morgan fingerprint density at radius 2 is 2.00 bits per heavy atom. The number of fused-ring (bicyclic) bond motifs is 3. The minimum Gasteiger partial charge on any atom is -0.389 e. The molecule has 0 bridgehead atoms. The fourth-order valence-corrected chi connectivity index (χ4v) is 5.43. The second kappa shape index (κ2) is 10.0. The zero-order valence-corrected chi connectivity index (χ0v) is 19.1. The summed E-state index contributed by atoms with van der Waals surface area (Å²) in [4.78, 5) is 24.9. The molecule has 31 heavy (non-hydrogen) atoms. The van der Waals surface area contributed by atoms with E-state index >= 15 is 0 Å². The topological polar surface area (TPSA) is 78.5 Å². The Bertz CT molecular complexity index is 1060. The third kappa shape index (κ3) is 5.41.